The number of fused-ring (bicyclic) bond motifs is 1. The van der Waals surface area contributed by atoms with Crippen LogP contribution < -0.4 is 5.32 Å². The van der Waals surface area contributed by atoms with E-state index in [2.05, 4.69) is 19.9 Å². The Hall–Kier alpha value is -1.70. The molecule has 1 aromatic heterocycles. The number of aromatic amines is 1. The van der Waals surface area contributed by atoms with Crippen LogP contribution in [0.15, 0.2) is 4.40 Å². The SMILES string of the molecule is CCOC(=O)c1[nH]nc2c1NCC/C2=N\[S@@](=O)C(C)(C)C. The molecule has 2 heterocycles. The number of H-pyrrole nitrogens is 1. The number of ether oxygens (including phenoxy) is 1. The van der Waals surface area contributed by atoms with Crippen LogP contribution in [-0.4, -0.2) is 44.0 Å². The molecule has 0 unspecified atom stereocenters. The number of carbonyl (C=O) groups excluding carboxylic acids is 1. The predicted octanol–water partition coefficient (Wildman–Crippen LogP) is 1.65. The van der Waals surface area contributed by atoms with Crippen LogP contribution in [0.5, 0.6) is 0 Å². The summed E-state index contributed by atoms with van der Waals surface area (Å²) >= 11 is 0. The first-order chi connectivity index (χ1) is 9.84. The number of esters is 1. The van der Waals surface area contributed by atoms with E-state index in [1.165, 1.54) is 0 Å². The van der Waals surface area contributed by atoms with E-state index in [9.17, 15) is 9.00 Å². The van der Waals surface area contributed by atoms with Crippen LogP contribution in [-0.2, 0) is 15.7 Å². The number of nitrogens with zero attached hydrogens (tertiary/aromatic N) is 2. The highest BCUT2D eigenvalue weighted by Crippen LogP contribution is 2.26. The summed E-state index contributed by atoms with van der Waals surface area (Å²) in [5.74, 6) is -0.461. The molecule has 0 aliphatic carbocycles. The van der Waals surface area contributed by atoms with Crippen LogP contribution in [0.4, 0.5) is 5.69 Å². The molecular weight excluding hydrogens is 292 g/mol. The van der Waals surface area contributed by atoms with Crippen LogP contribution in [0.25, 0.3) is 0 Å². The Labute approximate surface area is 126 Å². The van der Waals surface area contributed by atoms with Gasteiger partial charge in [-0.3, -0.25) is 5.10 Å². The molecule has 0 aromatic carbocycles. The fraction of sp³-hybridized carbons (Fsp3) is 0.615. The molecule has 1 aliphatic heterocycles. The van der Waals surface area contributed by atoms with Crippen LogP contribution in [0.2, 0.25) is 0 Å². The van der Waals surface area contributed by atoms with Gasteiger partial charge in [0.15, 0.2) is 5.69 Å². The van der Waals surface area contributed by atoms with E-state index < -0.39 is 21.7 Å². The summed E-state index contributed by atoms with van der Waals surface area (Å²) < 4.78 is 21.0. The Morgan fingerprint density at radius 1 is 1.48 bits per heavy atom. The minimum Gasteiger partial charge on any atom is -0.461 e. The third-order valence-corrected chi connectivity index (χ3v) is 4.33. The molecule has 0 saturated heterocycles. The largest absolute Gasteiger partial charge is 0.461 e. The normalized spacial score (nSPS) is 18.0. The average Bonchev–Trinajstić information content (AvgIpc) is 2.82. The second kappa shape index (κ2) is 5.97. The molecule has 8 heteroatoms. The first-order valence-corrected chi connectivity index (χ1v) is 7.94. The Bertz CT molecular complexity index is 601. The molecule has 2 rings (SSSR count). The van der Waals surface area contributed by atoms with Gasteiger partial charge in [-0.15, -0.1) is 0 Å². The summed E-state index contributed by atoms with van der Waals surface area (Å²) in [5.41, 5.74) is 2.04. The number of aromatic nitrogens is 2. The van der Waals surface area contributed by atoms with Crippen molar-refractivity contribution in [3.8, 4) is 0 Å². The molecule has 2 N–H and O–H groups in total. The molecule has 1 aliphatic rings. The standard InChI is InChI=1S/C13H20N4O3S/c1-5-20-12(18)11-10-9(15-16-11)8(6-7-14-10)17-21(19)13(2,3)4/h14H,5-7H2,1-4H3,(H,15,16)/b17-8+/t21-/m0/s1. The first kappa shape index (κ1) is 15.7. The van der Waals surface area contributed by atoms with Gasteiger partial charge in [0.25, 0.3) is 0 Å². The van der Waals surface area contributed by atoms with Gasteiger partial charge in [0, 0.05) is 13.0 Å². The van der Waals surface area contributed by atoms with Crippen molar-refractivity contribution in [2.75, 3.05) is 18.5 Å². The van der Waals surface area contributed by atoms with Crippen molar-refractivity contribution in [3.05, 3.63) is 11.4 Å². The molecule has 21 heavy (non-hydrogen) atoms. The van der Waals surface area contributed by atoms with Gasteiger partial charge in [-0.25, -0.2) is 9.00 Å². The maximum atomic E-state index is 12.2. The van der Waals surface area contributed by atoms with E-state index >= 15 is 0 Å². The summed E-state index contributed by atoms with van der Waals surface area (Å²) in [7, 11) is -1.36. The van der Waals surface area contributed by atoms with Crippen molar-refractivity contribution in [1.82, 2.24) is 10.2 Å². The number of hydrogen-bond acceptors (Lipinski definition) is 5. The fourth-order valence-electron chi connectivity index (χ4n) is 1.82. The highest BCUT2D eigenvalue weighted by molar-refractivity contribution is 7.85. The van der Waals surface area contributed by atoms with E-state index in [-0.39, 0.29) is 5.69 Å². The summed E-state index contributed by atoms with van der Waals surface area (Å²) in [6, 6.07) is 0. The van der Waals surface area contributed by atoms with Crippen molar-refractivity contribution in [1.29, 1.82) is 0 Å². The van der Waals surface area contributed by atoms with E-state index in [0.29, 0.717) is 36.7 Å². The Morgan fingerprint density at radius 3 is 2.81 bits per heavy atom. The quantitative estimate of drug-likeness (QED) is 0.827. The van der Waals surface area contributed by atoms with E-state index in [1.54, 1.807) is 6.92 Å². The highest BCUT2D eigenvalue weighted by atomic mass is 32.2. The molecule has 7 nitrogen and oxygen atoms in total. The van der Waals surface area contributed by atoms with Crippen molar-refractivity contribution in [3.63, 3.8) is 0 Å². The summed E-state index contributed by atoms with van der Waals surface area (Å²) in [5, 5.41) is 9.92. The number of carbonyl (C=O) groups is 1. The van der Waals surface area contributed by atoms with Gasteiger partial charge < -0.3 is 10.1 Å². The van der Waals surface area contributed by atoms with Gasteiger partial charge in [-0.1, -0.05) is 0 Å². The van der Waals surface area contributed by atoms with Gasteiger partial charge in [0.1, 0.15) is 16.7 Å². The summed E-state index contributed by atoms with van der Waals surface area (Å²) in [6.45, 7) is 8.24. The zero-order valence-electron chi connectivity index (χ0n) is 12.6. The van der Waals surface area contributed by atoms with E-state index in [0.717, 1.165) is 0 Å². The molecule has 0 bridgehead atoms. The molecule has 0 saturated carbocycles. The number of nitrogens with one attached hydrogen (secondary N) is 2. The highest BCUT2D eigenvalue weighted by Gasteiger charge is 2.28. The van der Waals surface area contributed by atoms with Crippen LogP contribution in [0.3, 0.4) is 0 Å². The molecule has 0 fully saturated rings. The third kappa shape index (κ3) is 3.31. The van der Waals surface area contributed by atoms with Crippen molar-refractivity contribution < 1.29 is 13.7 Å². The molecular formula is C13H20N4O3S. The molecule has 0 spiro atoms. The lowest BCUT2D eigenvalue weighted by Crippen LogP contribution is -2.24. The van der Waals surface area contributed by atoms with E-state index in [1.807, 2.05) is 20.8 Å². The minimum absolute atomic E-state index is 0.279. The predicted molar refractivity (Wildman–Crippen MR) is 82.1 cm³/mol. The number of hydrogen-bond donors (Lipinski definition) is 2. The average molecular weight is 312 g/mol. The van der Waals surface area contributed by atoms with Gasteiger partial charge in [0.2, 0.25) is 0 Å². The lowest BCUT2D eigenvalue weighted by Gasteiger charge is -2.18. The number of rotatable bonds is 3. The van der Waals surface area contributed by atoms with Crippen molar-refractivity contribution in [2.24, 2.45) is 4.40 Å². The van der Waals surface area contributed by atoms with Crippen molar-refractivity contribution >= 4 is 28.4 Å². The lowest BCUT2D eigenvalue weighted by molar-refractivity contribution is 0.0520. The molecule has 1 aromatic rings. The Balaban J connectivity index is 2.35. The summed E-state index contributed by atoms with van der Waals surface area (Å²) in [6.07, 6.45) is 0.613. The monoisotopic (exact) mass is 312 g/mol. The molecule has 116 valence electrons. The van der Waals surface area contributed by atoms with Gasteiger partial charge in [-0.05, 0) is 27.7 Å². The van der Waals surface area contributed by atoms with Gasteiger partial charge in [0.05, 0.1) is 22.8 Å². The maximum absolute atomic E-state index is 12.2. The van der Waals surface area contributed by atoms with Gasteiger partial charge in [-0.2, -0.15) is 9.50 Å². The maximum Gasteiger partial charge on any atom is 0.358 e. The first-order valence-electron chi connectivity index (χ1n) is 6.84. The van der Waals surface area contributed by atoms with Crippen LogP contribution in [0.1, 0.15) is 50.3 Å². The lowest BCUT2D eigenvalue weighted by atomic mass is 10.1. The number of anilines is 1. The smallest absolute Gasteiger partial charge is 0.358 e. The summed E-state index contributed by atoms with van der Waals surface area (Å²) in [4.78, 5) is 11.8. The van der Waals surface area contributed by atoms with Crippen LogP contribution in [0, 0.1) is 0 Å². The van der Waals surface area contributed by atoms with Crippen LogP contribution >= 0.6 is 0 Å². The molecule has 1 atom stereocenters. The second-order valence-electron chi connectivity index (χ2n) is 5.62. The third-order valence-electron chi connectivity index (χ3n) is 2.90. The second-order valence-corrected chi connectivity index (χ2v) is 7.52. The zero-order chi connectivity index (χ0) is 15.6. The molecule has 0 radical (unpaired) electrons. The van der Waals surface area contributed by atoms with Crippen molar-refractivity contribution in [2.45, 2.75) is 38.9 Å². The van der Waals surface area contributed by atoms with E-state index in [4.69, 9.17) is 4.74 Å². The Morgan fingerprint density at radius 2 is 2.19 bits per heavy atom. The van der Waals surface area contributed by atoms with Gasteiger partial charge >= 0.3 is 5.97 Å². The fourth-order valence-corrected chi connectivity index (χ4v) is 2.48. The Kier molecular flexibility index (Phi) is 4.46. The molecule has 0 amide bonds. The zero-order valence-corrected chi connectivity index (χ0v) is 13.5. The topological polar surface area (TPSA) is 96.4 Å². The minimum atomic E-state index is -1.36.